The van der Waals surface area contributed by atoms with Gasteiger partial charge in [-0.15, -0.1) is 0 Å². The molecule has 4 N–H and O–H groups in total. The third-order valence-corrected chi connectivity index (χ3v) is 8.02. The van der Waals surface area contributed by atoms with Gasteiger partial charge in [0.2, 0.25) is 17.7 Å². The Hall–Kier alpha value is -5.78. The van der Waals surface area contributed by atoms with Gasteiger partial charge in [-0.25, -0.2) is 4.79 Å². The van der Waals surface area contributed by atoms with E-state index in [-0.39, 0.29) is 36.8 Å². The number of aromatic nitrogens is 5. The number of nitrogens with zero attached hydrogens (tertiary/aromatic N) is 5. The Kier molecular flexibility index (Phi) is 11.6. The van der Waals surface area contributed by atoms with Crippen LogP contribution < -0.4 is 26.0 Å². The Morgan fingerprint density at radius 1 is 1.00 bits per heavy atom. The van der Waals surface area contributed by atoms with Crippen molar-refractivity contribution in [3.05, 3.63) is 82.6 Å². The van der Waals surface area contributed by atoms with Crippen molar-refractivity contribution in [2.45, 2.75) is 43.4 Å². The second-order valence-corrected chi connectivity index (χ2v) is 12.2. The molecule has 0 unspecified atom stereocenters. The number of methoxy groups -OCH3 is 1. The molecule has 15 nitrogen and oxygen atoms in total. The second kappa shape index (κ2) is 16.1. The Labute approximate surface area is 299 Å². The molecule has 1 fully saturated rings. The molecule has 2 aromatic carbocycles. The minimum atomic E-state index is -4.63. The number of hydrogen-bond acceptors (Lipinski definition) is 12. The Balaban J connectivity index is 1.21. The van der Waals surface area contributed by atoms with Crippen LogP contribution in [-0.4, -0.2) is 80.8 Å². The van der Waals surface area contributed by atoms with Gasteiger partial charge in [0.15, 0.2) is 6.61 Å². The van der Waals surface area contributed by atoms with Gasteiger partial charge in [-0.1, -0.05) is 23.7 Å². The Bertz CT molecular complexity index is 1920. The molecule has 2 amide bonds. The minimum absolute atomic E-state index is 0.0268. The minimum Gasteiger partial charge on any atom is -0.467 e. The van der Waals surface area contributed by atoms with Gasteiger partial charge in [0, 0.05) is 42.5 Å². The maximum Gasteiger partial charge on any atom is 0.422 e. The molecule has 1 atom stereocenters. The molecule has 274 valence electrons. The van der Waals surface area contributed by atoms with Crippen LogP contribution >= 0.6 is 11.6 Å². The summed E-state index contributed by atoms with van der Waals surface area (Å²) in [4.78, 5) is 62.2. The van der Waals surface area contributed by atoms with E-state index in [0.717, 1.165) is 12.7 Å². The van der Waals surface area contributed by atoms with E-state index in [1.807, 2.05) is 12.1 Å². The summed E-state index contributed by atoms with van der Waals surface area (Å²) in [7, 11) is 2.82. The average molecular weight is 744 g/mol. The maximum atomic E-state index is 13.0. The van der Waals surface area contributed by atoms with Crippen LogP contribution in [0.3, 0.4) is 0 Å². The molecule has 19 heteroatoms. The van der Waals surface area contributed by atoms with E-state index in [2.05, 4.69) is 41.3 Å². The quantitative estimate of drug-likeness (QED) is 0.0965. The van der Waals surface area contributed by atoms with E-state index in [0.29, 0.717) is 29.1 Å². The first-order valence-electron chi connectivity index (χ1n) is 15.8. The van der Waals surface area contributed by atoms with Crippen molar-refractivity contribution in [2.75, 3.05) is 30.9 Å². The molecule has 0 saturated heterocycles. The van der Waals surface area contributed by atoms with E-state index >= 15 is 0 Å². The molecule has 1 aliphatic rings. The van der Waals surface area contributed by atoms with Crippen LogP contribution in [0, 0.1) is 0 Å². The predicted molar refractivity (Wildman–Crippen MR) is 180 cm³/mol. The molecule has 52 heavy (non-hydrogen) atoms. The summed E-state index contributed by atoms with van der Waals surface area (Å²) in [6, 6.07) is 11.2. The number of carbonyl (C=O) groups excluding carboxylic acids is 4. The maximum absolute atomic E-state index is 13.0. The molecule has 0 spiro atoms. The molecule has 1 saturated carbocycles. The van der Waals surface area contributed by atoms with Crippen molar-refractivity contribution < 1.29 is 41.8 Å². The van der Waals surface area contributed by atoms with Gasteiger partial charge < -0.3 is 30.7 Å². The first-order chi connectivity index (χ1) is 24.7. The summed E-state index contributed by atoms with van der Waals surface area (Å²) in [6.07, 6.45) is -0.349. The second-order valence-electron chi connectivity index (χ2n) is 11.8. The van der Waals surface area contributed by atoms with Crippen LogP contribution in [0.4, 0.5) is 30.8 Å². The zero-order valence-corrected chi connectivity index (χ0v) is 28.5. The highest BCUT2D eigenvalue weighted by Crippen LogP contribution is 2.48. The van der Waals surface area contributed by atoms with Gasteiger partial charge in [0.25, 0.3) is 11.8 Å². The third kappa shape index (κ3) is 10.4. The van der Waals surface area contributed by atoms with Crippen LogP contribution in [0.2, 0.25) is 5.02 Å². The molecule has 2 heterocycles. The summed E-state index contributed by atoms with van der Waals surface area (Å²) in [5.41, 5.74) is 1.41. The monoisotopic (exact) mass is 743 g/mol. The van der Waals surface area contributed by atoms with E-state index in [1.54, 1.807) is 25.4 Å². The number of amides is 2. The Morgan fingerprint density at radius 3 is 2.31 bits per heavy atom. The highest BCUT2D eigenvalue weighted by atomic mass is 35.5. The number of hydrogen-bond donors (Lipinski definition) is 4. The molecule has 2 aromatic heterocycles. The predicted octanol–water partition coefficient (Wildman–Crippen LogP) is 3.63. The van der Waals surface area contributed by atoms with E-state index in [4.69, 9.17) is 21.1 Å². The number of aryl methyl sites for hydroxylation is 1. The van der Waals surface area contributed by atoms with Crippen LogP contribution in [0.15, 0.2) is 60.9 Å². The lowest BCUT2D eigenvalue weighted by Gasteiger charge is -2.19. The number of anilines is 3. The average Bonchev–Trinajstić information content (AvgIpc) is 3.77. The van der Waals surface area contributed by atoms with Gasteiger partial charge in [-0.3, -0.25) is 19.1 Å². The summed E-state index contributed by atoms with van der Waals surface area (Å²) in [5.74, 6) is -3.12. The van der Waals surface area contributed by atoms with Gasteiger partial charge in [0.05, 0.1) is 18.8 Å². The number of ketones is 1. The lowest BCUT2D eigenvalue weighted by atomic mass is 10.1. The number of nitrogens with one attached hydrogen (secondary N) is 4. The smallest absolute Gasteiger partial charge is 0.422 e. The van der Waals surface area contributed by atoms with Gasteiger partial charge in [0.1, 0.15) is 6.04 Å². The summed E-state index contributed by atoms with van der Waals surface area (Å²) in [5, 5.41) is 15.5. The molecule has 5 rings (SSSR count). The number of Topliss-reactive ketones (excluding diaryl/α,β-unsaturated/α-hetero) is 1. The third-order valence-electron chi connectivity index (χ3n) is 7.77. The lowest BCUT2D eigenvalue weighted by Crippen LogP contribution is -2.44. The molecular formula is C33H33ClF3N9O6. The summed E-state index contributed by atoms with van der Waals surface area (Å²) in [6.45, 7) is -1.73. The zero-order chi connectivity index (χ0) is 37.5. The first kappa shape index (κ1) is 37.5. The number of rotatable bonds is 16. The lowest BCUT2D eigenvalue weighted by molar-refractivity contribution is -0.154. The number of ether oxygens (including phenoxy) is 2. The van der Waals surface area contributed by atoms with Crippen molar-refractivity contribution in [1.29, 1.82) is 0 Å². The van der Waals surface area contributed by atoms with Crippen LogP contribution in [-0.2, 0) is 38.1 Å². The number of alkyl halides is 3. The molecule has 4 aromatic rings. The van der Waals surface area contributed by atoms with Gasteiger partial charge >= 0.3 is 18.2 Å². The van der Waals surface area contributed by atoms with Crippen molar-refractivity contribution in [3.63, 3.8) is 0 Å². The van der Waals surface area contributed by atoms with E-state index in [1.165, 1.54) is 35.1 Å². The van der Waals surface area contributed by atoms with Gasteiger partial charge in [-0.2, -0.15) is 33.2 Å². The summed E-state index contributed by atoms with van der Waals surface area (Å²) < 4.78 is 49.9. The number of esters is 1. The highest BCUT2D eigenvalue weighted by molar-refractivity contribution is 6.36. The van der Waals surface area contributed by atoms with Gasteiger partial charge in [-0.05, 0) is 66.8 Å². The topological polar surface area (TPSA) is 191 Å². The van der Waals surface area contributed by atoms with Crippen LogP contribution in [0.5, 0.6) is 6.01 Å². The molecule has 0 bridgehead atoms. The highest BCUT2D eigenvalue weighted by Gasteiger charge is 2.45. The van der Waals surface area contributed by atoms with E-state index < -0.39 is 53.9 Å². The van der Waals surface area contributed by atoms with E-state index in [9.17, 15) is 32.3 Å². The zero-order valence-electron chi connectivity index (χ0n) is 27.8. The number of benzene rings is 2. The number of carbonyl (C=O) groups is 4. The van der Waals surface area contributed by atoms with Crippen LogP contribution in [0.1, 0.15) is 40.7 Å². The Morgan fingerprint density at radius 2 is 1.69 bits per heavy atom. The molecular weight excluding hydrogens is 711 g/mol. The first-order valence-corrected chi connectivity index (χ1v) is 16.1. The van der Waals surface area contributed by atoms with Crippen molar-refractivity contribution in [1.82, 2.24) is 35.4 Å². The van der Waals surface area contributed by atoms with Crippen molar-refractivity contribution >= 4 is 52.8 Å². The fraction of sp³-hybridized carbons (Fsp3) is 0.333. The fourth-order valence-corrected chi connectivity index (χ4v) is 5.12. The molecule has 1 aliphatic carbocycles. The number of halogens is 4. The SMILES string of the molecule is COC(=O)[C@H](CCNC(=O)C(=O)Cc1cnn(C)c1)NC(=O)c1ccc(Nc2nc(NC3(c4ccc(Cl)cc4)CC3)nc(OCC(F)(F)F)n2)cc1. The normalized spacial score (nSPS) is 13.7. The van der Waals surface area contributed by atoms with Crippen LogP contribution in [0.25, 0.3) is 0 Å². The standard InChI is InChI=1S/C33H33ClF3N9O6/c1-46-17-19(16-39-46)15-25(47)27(49)38-14-11-24(28(50)51-2)41-26(48)20-3-9-23(10-4-20)40-29-42-30(44-31(43-29)52-18-33(35,36)37)45-32(12-13-32)21-5-7-22(34)8-6-21/h3-10,16-17,24H,11-15,18H2,1-2H3,(H,38,49)(H,41,48)(H2,40,42,43,44,45)/t24-/m0/s1. The fourth-order valence-electron chi connectivity index (χ4n) is 5.00. The summed E-state index contributed by atoms with van der Waals surface area (Å²) >= 11 is 6.02. The molecule has 0 aliphatic heterocycles. The van der Waals surface area contributed by atoms with Crippen molar-refractivity contribution in [2.24, 2.45) is 7.05 Å². The van der Waals surface area contributed by atoms with Crippen molar-refractivity contribution in [3.8, 4) is 6.01 Å². The molecule has 0 radical (unpaired) electrons. The largest absolute Gasteiger partial charge is 0.467 e.